The summed E-state index contributed by atoms with van der Waals surface area (Å²) in [5.74, 6) is 0. The molecule has 3 heteroatoms. The summed E-state index contributed by atoms with van der Waals surface area (Å²) >= 11 is 0. The summed E-state index contributed by atoms with van der Waals surface area (Å²) in [6, 6.07) is 77.4. The fourth-order valence-corrected chi connectivity index (χ4v) is 9.41. The molecule has 9 aromatic rings. The summed E-state index contributed by atoms with van der Waals surface area (Å²) in [5.41, 5.74) is 13.2. The average Bonchev–Trinajstić information content (AvgIpc) is 3.64. The van der Waals surface area contributed by atoms with Crippen molar-refractivity contribution in [2.75, 3.05) is 9.80 Å². The molecule has 1 saturated carbocycles. The van der Waals surface area contributed by atoms with Gasteiger partial charge in [-0.15, -0.1) is 0 Å². The fraction of sp³-hybridized carbons (Fsp3) is 0.111. The molecule has 1 aromatic heterocycles. The van der Waals surface area contributed by atoms with Gasteiger partial charge in [-0.3, -0.25) is 0 Å². The Morgan fingerprint density at radius 2 is 0.789 bits per heavy atom. The Balaban J connectivity index is 1.07. The molecule has 0 amide bonds. The molecule has 57 heavy (non-hydrogen) atoms. The van der Waals surface area contributed by atoms with Crippen LogP contribution in [0.15, 0.2) is 212 Å². The highest BCUT2D eigenvalue weighted by Crippen LogP contribution is 2.48. The van der Waals surface area contributed by atoms with Gasteiger partial charge in [0.05, 0.1) is 16.7 Å². The first-order chi connectivity index (χ1) is 28.3. The van der Waals surface area contributed by atoms with Gasteiger partial charge in [-0.05, 0) is 115 Å². The maximum atomic E-state index is 2.44. The van der Waals surface area contributed by atoms with Gasteiger partial charge in [0.2, 0.25) is 0 Å². The maximum Gasteiger partial charge on any atom is 0.0562 e. The van der Waals surface area contributed by atoms with Gasteiger partial charge in [0.1, 0.15) is 0 Å². The maximum absolute atomic E-state index is 2.44. The third kappa shape index (κ3) is 6.26. The predicted octanol–water partition coefficient (Wildman–Crippen LogP) is 15.0. The van der Waals surface area contributed by atoms with Gasteiger partial charge in [0, 0.05) is 50.3 Å². The molecule has 0 aliphatic heterocycles. The lowest BCUT2D eigenvalue weighted by atomic mass is 9.65. The van der Waals surface area contributed by atoms with E-state index in [1.807, 2.05) is 0 Å². The standard InChI is InChI=1S/C54H45N3/c1-6-19-43(20-7-1)55(44-21-8-2-9-22-44)47-35-31-41(32-36-47)54(39-16-5-17-40-54)42-33-37-48(38-34-42)56(45-23-10-3-11-24-45)51-29-18-30-52-53(51)49-27-14-15-28-50(49)57(52)46-25-12-4-13-26-46/h1-4,6-15,18-38H,5,16-17,39-40H2. The first-order valence-corrected chi connectivity index (χ1v) is 20.3. The van der Waals surface area contributed by atoms with Crippen LogP contribution in [0.3, 0.4) is 0 Å². The number of nitrogens with zero attached hydrogens (tertiary/aromatic N) is 3. The number of hydrogen-bond donors (Lipinski definition) is 0. The van der Waals surface area contributed by atoms with E-state index in [9.17, 15) is 0 Å². The van der Waals surface area contributed by atoms with Gasteiger partial charge < -0.3 is 14.4 Å². The second-order valence-electron chi connectivity index (χ2n) is 15.3. The minimum Gasteiger partial charge on any atom is -0.311 e. The Labute approximate surface area is 335 Å². The highest BCUT2D eigenvalue weighted by Gasteiger charge is 2.36. The third-order valence-electron chi connectivity index (χ3n) is 12.0. The van der Waals surface area contributed by atoms with Crippen molar-refractivity contribution in [1.29, 1.82) is 0 Å². The number of para-hydroxylation sites is 5. The summed E-state index contributed by atoms with van der Waals surface area (Å²) in [5, 5.41) is 2.49. The number of rotatable bonds is 9. The van der Waals surface area contributed by atoms with Crippen molar-refractivity contribution in [3.05, 3.63) is 223 Å². The summed E-state index contributed by atoms with van der Waals surface area (Å²) in [4.78, 5) is 4.79. The quantitative estimate of drug-likeness (QED) is 0.146. The number of aromatic nitrogens is 1. The normalized spacial score (nSPS) is 13.8. The molecule has 1 aliphatic carbocycles. The summed E-state index contributed by atoms with van der Waals surface area (Å²) in [7, 11) is 0. The van der Waals surface area contributed by atoms with Crippen LogP contribution in [0, 0.1) is 0 Å². The van der Waals surface area contributed by atoms with E-state index in [-0.39, 0.29) is 5.41 Å². The molecule has 0 atom stereocenters. The van der Waals surface area contributed by atoms with Crippen LogP contribution in [-0.4, -0.2) is 4.57 Å². The zero-order valence-electron chi connectivity index (χ0n) is 32.1. The molecular weight excluding hydrogens is 691 g/mol. The molecule has 10 rings (SSSR count). The molecule has 1 aliphatic rings. The third-order valence-corrected chi connectivity index (χ3v) is 12.0. The van der Waals surface area contributed by atoms with Gasteiger partial charge >= 0.3 is 0 Å². The molecule has 276 valence electrons. The Kier molecular flexibility index (Phi) is 9.12. The summed E-state index contributed by atoms with van der Waals surface area (Å²) in [6.45, 7) is 0. The Bertz CT molecular complexity index is 2690. The number of anilines is 6. The second kappa shape index (κ2) is 15.0. The smallest absolute Gasteiger partial charge is 0.0562 e. The molecule has 0 radical (unpaired) electrons. The van der Waals surface area contributed by atoms with Crippen molar-refractivity contribution in [1.82, 2.24) is 4.57 Å². The van der Waals surface area contributed by atoms with E-state index in [1.165, 1.54) is 63.6 Å². The van der Waals surface area contributed by atoms with Crippen LogP contribution >= 0.6 is 0 Å². The molecule has 0 unspecified atom stereocenters. The lowest BCUT2D eigenvalue weighted by Crippen LogP contribution is -2.30. The highest BCUT2D eigenvalue weighted by atomic mass is 15.2. The first-order valence-electron chi connectivity index (χ1n) is 20.3. The average molecular weight is 736 g/mol. The minimum absolute atomic E-state index is 0.0413. The lowest BCUT2D eigenvalue weighted by Gasteiger charge is -2.39. The van der Waals surface area contributed by atoms with Gasteiger partial charge in [-0.1, -0.05) is 141 Å². The van der Waals surface area contributed by atoms with Crippen LogP contribution in [0.5, 0.6) is 0 Å². The first kappa shape index (κ1) is 34.6. The molecule has 0 spiro atoms. The van der Waals surface area contributed by atoms with Crippen molar-refractivity contribution >= 4 is 55.9 Å². The van der Waals surface area contributed by atoms with Crippen LogP contribution in [0.4, 0.5) is 34.1 Å². The zero-order chi connectivity index (χ0) is 38.0. The van der Waals surface area contributed by atoms with Crippen molar-refractivity contribution in [3.8, 4) is 5.69 Å². The van der Waals surface area contributed by atoms with Crippen molar-refractivity contribution in [3.63, 3.8) is 0 Å². The topological polar surface area (TPSA) is 11.4 Å². The zero-order valence-corrected chi connectivity index (χ0v) is 32.1. The van der Waals surface area contributed by atoms with E-state index in [2.05, 4.69) is 227 Å². The minimum atomic E-state index is -0.0413. The van der Waals surface area contributed by atoms with Crippen LogP contribution in [-0.2, 0) is 5.41 Å². The molecule has 1 heterocycles. The van der Waals surface area contributed by atoms with Gasteiger partial charge in [0.25, 0.3) is 0 Å². The number of hydrogen-bond acceptors (Lipinski definition) is 2. The van der Waals surface area contributed by atoms with E-state index in [0.717, 1.165) is 41.3 Å². The van der Waals surface area contributed by atoms with E-state index in [1.54, 1.807) is 0 Å². The van der Waals surface area contributed by atoms with Crippen LogP contribution in [0.2, 0.25) is 0 Å². The van der Waals surface area contributed by atoms with E-state index in [0.29, 0.717) is 0 Å². The number of benzene rings is 8. The Hall–Kier alpha value is -6.84. The van der Waals surface area contributed by atoms with E-state index >= 15 is 0 Å². The van der Waals surface area contributed by atoms with Crippen molar-refractivity contribution in [2.45, 2.75) is 37.5 Å². The van der Waals surface area contributed by atoms with Crippen molar-refractivity contribution in [2.24, 2.45) is 0 Å². The fourth-order valence-electron chi connectivity index (χ4n) is 9.41. The molecule has 0 saturated heterocycles. The van der Waals surface area contributed by atoms with Crippen molar-refractivity contribution < 1.29 is 0 Å². The molecule has 0 N–H and O–H groups in total. The molecule has 8 aromatic carbocycles. The Morgan fingerprint density at radius 1 is 0.351 bits per heavy atom. The second-order valence-corrected chi connectivity index (χ2v) is 15.3. The molecular formula is C54H45N3. The van der Waals surface area contributed by atoms with Gasteiger partial charge in [-0.2, -0.15) is 0 Å². The SMILES string of the molecule is c1ccc(N(c2ccccc2)c2ccc(C3(c4ccc(N(c5ccccc5)c5cccc6c5c5ccccc5n6-c5ccccc5)cc4)CCCCC3)cc2)cc1. The largest absolute Gasteiger partial charge is 0.311 e. The van der Waals surface area contributed by atoms with E-state index < -0.39 is 0 Å². The predicted molar refractivity (Wildman–Crippen MR) is 240 cm³/mol. The number of fused-ring (bicyclic) bond motifs is 3. The van der Waals surface area contributed by atoms with E-state index in [4.69, 9.17) is 0 Å². The lowest BCUT2D eigenvalue weighted by molar-refractivity contribution is 0.346. The van der Waals surface area contributed by atoms with Gasteiger partial charge in [-0.25, -0.2) is 0 Å². The van der Waals surface area contributed by atoms with Crippen LogP contribution < -0.4 is 9.80 Å². The molecule has 3 nitrogen and oxygen atoms in total. The Morgan fingerprint density at radius 3 is 1.35 bits per heavy atom. The molecule has 1 fully saturated rings. The summed E-state index contributed by atoms with van der Waals surface area (Å²) < 4.78 is 2.40. The van der Waals surface area contributed by atoms with Crippen LogP contribution in [0.1, 0.15) is 43.2 Å². The molecule has 0 bridgehead atoms. The van der Waals surface area contributed by atoms with Crippen LogP contribution in [0.25, 0.3) is 27.5 Å². The summed E-state index contributed by atoms with van der Waals surface area (Å²) in [6.07, 6.45) is 6.04. The highest BCUT2D eigenvalue weighted by molar-refractivity contribution is 6.16. The monoisotopic (exact) mass is 735 g/mol. The van der Waals surface area contributed by atoms with Gasteiger partial charge in [0.15, 0.2) is 0 Å².